The minimum absolute atomic E-state index is 0.742. The van der Waals surface area contributed by atoms with Gasteiger partial charge in [0.05, 0.1) is 0 Å². The molecule has 0 saturated carbocycles. The van der Waals surface area contributed by atoms with Gasteiger partial charge in [0.15, 0.2) is 0 Å². The van der Waals surface area contributed by atoms with Crippen LogP contribution in [0.4, 0.5) is 0 Å². The minimum Gasteiger partial charge on any atom is -0.316 e. The average Bonchev–Trinajstić information content (AvgIpc) is 2.69. The molecule has 1 aromatic carbocycles. The average molecular weight is 231 g/mol. The van der Waals surface area contributed by atoms with Crippen LogP contribution in [0, 0.1) is 6.92 Å². The number of aryl methyl sites for hydroxylation is 1. The van der Waals surface area contributed by atoms with Gasteiger partial charge in [0, 0.05) is 22.0 Å². The molecule has 3 rings (SSSR count). The lowest BCUT2D eigenvalue weighted by molar-refractivity contribution is 0.465. The molecule has 0 bridgehead atoms. The van der Waals surface area contributed by atoms with Crippen molar-refractivity contribution in [2.75, 3.05) is 13.1 Å². The Bertz CT molecular complexity index is 494. The van der Waals surface area contributed by atoms with E-state index in [-0.39, 0.29) is 0 Å². The van der Waals surface area contributed by atoms with E-state index in [1.54, 1.807) is 4.88 Å². The van der Waals surface area contributed by atoms with Crippen molar-refractivity contribution in [3.63, 3.8) is 0 Å². The molecule has 16 heavy (non-hydrogen) atoms. The van der Waals surface area contributed by atoms with Gasteiger partial charge in [0.2, 0.25) is 0 Å². The van der Waals surface area contributed by atoms with Gasteiger partial charge in [-0.05, 0) is 43.3 Å². The molecule has 2 aromatic rings. The van der Waals surface area contributed by atoms with Gasteiger partial charge < -0.3 is 5.32 Å². The highest BCUT2D eigenvalue weighted by Gasteiger charge is 2.20. The van der Waals surface area contributed by atoms with Crippen LogP contribution in [0.25, 0.3) is 10.1 Å². The van der Waals surface area contributed by atoms with Crippen LogP contribution >= 0.6 is 11.3 Å². The Balaban J connectivity index is 2.05. The Morgan fingerprint density at radius 2 is 2.19 bits per heavy atom. The standard InChI is InChI=1S/C14H17NS/c1-10-12-6-2-3-7-13(12)16-14(10)11-5-4-8-15-9-11/h2-3,6-7,11,15H,4-5,8-9H2,1H3. The summed E-state index contributed by atoms with van der Waals surface area (Å²) in [6, 6.07) is 8.78. The third kappa shape index (κ3) is 1.66. The number of fused-ring (bicyclic) bond motifs is 1. The first-order valence-electron chi connectivity index (χ1n) is 6.05. The molecule has 1 atom stereocenters. The molecular weight excluding hydrogens is 214 g/mol. The number of hydrogen-bond acceptors (Lipinski definition) is 2. The van der Waals surface area contributed by atoms with Crippen LogP contribution in [0.2, 0.25) is 0 Å². The van der Waals surface area contributed by atoms with Crippen molar-refractivity contribution in [3.05, 3.63) is 34.7 Å². The highest BCUT2D eigenvalue weighted by molar-refractivity contribution is 7.19. The predicted molar refractivity (Wildman–Crippen MR) is 71.4 cm³/mol. The zero-order chi connectivity index (χ0) is 11.0. The van der Waals surface area contributed by atoms with E-state index in [4.69, 9.17) is 0 Å². The van der Waals surface area contributed by atoms with Crippen LogP contribution in [0.1, 0.15) is 29.2 Å². The molecule has 1 saturated heterocycles. The summed E-state index contributed by atoms with van der Waals surface area (Å²) in [4.78, 5) is 1.61. The molecule has 84 valence electrons. The van der Waals surface area contributed by atoms with E-state index >= 15 is 0 Å². The van der Waals surface area contributed by atoms with E-state index in [1.165, 1.54) is 35.0 Å². The third-order valence-corrected chi connectivity index (χ3v) is 4.98. The Hall–Kier alpha value is -0.860. The summed E-state index contributed by atoms with van der Waals surface area (Å²) in [6.45, 7) is 4.64. The summed E-state index contributed by atoms with van der Waals surface area (Å²) in [5.41, 5.74) is 1.51. The van der Waals surface area contributed by atoms with Crippen LogP contribution in [0.3, 0.4) is 0 Å². The number of piperidine rings is 1. The van der Waals surface area contributed by atoms with Crippen molar-refractivity contribution < 1.29 is 0 Å². The van der Waals surface area contributed by atoms with Crippen LogP contribution < -0.4 is 5.32 Å². The molecule has 1 aliphatic heterocycles. The van der Waals surface area contributed by atoms with Gasteiger partial charge in [-0.1, -0.05) is 18.2 Å². The zero-order valence-electron chi connectivity index (χ0n) is 9.62. The van der Waals surface area contributed by atoms with E-state index in [9.17, 15) is 0 Å². The van der Waals surface area contributed by atoms with Crippen molar-refractivity contribution in [2.45, 2.75) is 25.7 Å². The van der Waals surface area contributed by atoms with Gasteiger partial charge >= 0.3 is 0 Å². The first kappa shape index (κ1) is 10.3. The number of hydrogen-bond donors (Lipinski definition) is 1. The molecular formula is C14H17NS. The van der Waals surface area contributed by atoms with Gasteiger partial charge in [-0.2, -0.15) is 0 Å². The molecule has 0 amide bonds. The van der Waals surface area contributed by atoms with E-state index in [0.29, 0.717) is 0 Å². The normalized spacial score (nSPS) is 21.4. The lowest BCUT2D eigenvalue weighted by Gasteiger charge is -2.22. The summed E-state index contributed by atoms with van der Waals surface area (Å²) in [5.74, 6) is 0.742. The summed E-state index contributed by atoms with van der Waals surface area (Å²) in [7, 11) is 0. The van der Waals surface area contributed by atoms with Crippen molar-refractivity contribution in [1.82, 2.24) is 5.32 Å². The lowest BCUT2D eigenvalue weighted by atomic mass is 9.95. The maximum Gasteiger partial charge on any atom is 0.0348 e. The fourth-order valence-electron chi connectivity index (χ4n) is 2.66. The maximum absolute atomic E-state index is 3.51. The van der Waals surface area contributed by atoms with Gasteiger partial charge in [-0.15, -0.1) is 11.3 Å². The highest BCUT2D eigenvalue weighted by atomic mass is 32.1. The summed E-state index contributed by atoms with van der Waals surface area (Å²) in [6.07, 6.45) is 2.67. The van der Waals surface area contributed by atoms with Crippen LogP contribution in [-0.4, -0.2) is 13.1 Å². The summed E-state index contributed by atoms with van der Waals surface area (Å²) >= 11 is 1.99. The van der Waals surface area contributed by atoms with E-state index in [1.807, 2.05) is 11.3 Å². The predicted octanol–water partition coefficient (Wildman–Crippen LogP) is 3.68. The molecule has 1 nitrogen and oxygen atoms in total. The van der Waals surface area contributed by atoms with E-state index in [0.717, 1.165) is 12.5 Å². The number of rotatable bonds is 1. The second-order valence-corrected chi connectivity index (χ2v) is 5.71. The Labute approximate surface area is 100 Å². The molecule has 1 unspecified atom stereocenters. The summed E-state index contributed by atoms with van der Waals surface area (Å²) in [5, 5.41) is 4.96. The lowest BCUT2D eigenvalue weighted by Crippen LogP contribution is -2.28. The highest BCUT2D eigenvalue weighted by Crippen LogP contribution is 2.37. The topological polar surface area (TPSA) is 12.0 Å². The second-order valence-electron chi connectivity index (χ2n) is 4.63. The number of thiophene rings is 1. The molecule has 2 heterocycles. The molecule has 0 radical (unpaired) electrons. The zero-order valence-corrected chi connectivity index (χ0v) is 10.4. The molecule has 1 aliphatic rings. The first-order valence-corrected chi connectivity index (χ1v) is 6.86. The first-order chi connectivity index (χ1) is 7.86. The fourth-order valence-corrected chi connectivity index (χ4v) is 4.00. The Kier molecular flexibility index (Phi) is 2.70. The van der Waals surface area contributed by atoms with Crippen molar-refractivity contribution in [3.8, 4) is 0 Å². The number of nitrogens with one attached hydrogen (secondary N) is 1. The van der Waals surface area contributed by atoms with Crippen molar-refractivity contribution in [2.24, 2.45) is 0 Å². The molecule has 2 heteroatoms. The maximum atomic E-state index is 3.51. The molecule has 1 fully saturated rings. The Morgan fingerprint density at radius 3 is 2.94 bits per heavy atom. The molecule has 1 N–H and O–H groups in total. The minimum atomic E-state index is 0.742. The van der Waals surface area contributed by atoms with Gasteiger partial charge in [-0.3, -0.25) is 0 Å². The van der Waals surface area contributed by atoms with Crippen LogP contribution in [0.5, 0.6) is 0 Å². The second kappa shape index (κ2) is 4.19. The fraction of sp³-hybridized carbons (Fsp3) is 0.429. The van der Waals surface area contributed by atoms with Gasteiger partial charge in [0.25, 0.3) is 0 Å². The van der Waals surface area contributed by atoms with Gasteiger partial charge in [-0.25, -0.2) is 0 Å². The Morgan fingerprint density at radius 1 is 1.31 bits per heavy atom. The number of benzene rings is 1. The third-order valence-electron chi connectivity index (χ3n) is 3.55. The molecule has 0 spiro atoms. The largest absolute Gasteiger partial charge is 0.316 e. The van der Waals surface area contributed by atoms with Crippen molar-refractivity contribution in [1.29, 1.82) is 0 Å². The quantitative estimate of drug-likeness (QED) is 0.789. The van der Waals surface area contributed by atoms with Crippen molar-refractivity contribution >= 4 is 21.4 Å². The SMILES string of the molecule is Cc1c(C2CCCNC2)sc2ccccc12. The molecule has 0 aliphatic carbocycles. The van der Waals surface area contributed by atoms with E-state index in [2.05, 4.69) is 36.5 Å². The van der Waals surface area contributed by atoms with E-state index < -0.39 is 0 Å². The van der Waals surface area contributed by atoms with Crippen LogP contribution in [0.15, 0.2) is 24.3 Å². The molecule has 1 aromatic heterocycles. The summed E-state index contributed by atoms with van der Waals surface area (Å²) < 4.78 is 1.44. The van der Waals surface area contributed by atoms with Gasteiger partial charge in [0.1, 0.15) is 0 Å². The smallest absolute Gasteiger partial charge is 0.0348 e. The monoisotopic (exact) mass is 231 g/mol. The van der Waals surface area contributed by atoms with Crippen LogP contribution in [-0.2, 0) is 0 Å².